The van der Waals surface area contributed by atoms with E-state index in [4.69, 9.17) is 4.74 Å². The number of ether oxygens (including phenoxy) is 1. The van der Waals surface area contributed by atoms with Gasteiger partial charge >= 0.3 is 5.97 Å². The van der Waals surface area contributed by atoms with Gasteiger partial charge in [0.15, 0.2) is 6.10 Å². The van der Waals surface area contributed by atoms with E-state index in [0.717, 1.165) is 35.6 Å². The van der Waals surface area contributed by atoms with Crippen molar-refractivity contribution in [2.75, 3.05) is 23.3 Å². The van der Waals surface area contributed by atoms with Crippen LogP contribution in [0.2, 0.25) is 0 Å². The van der Waals surface area contributed by atoms with Gasteiger partial charge in [-0.1, -0.05) is 32.0 Å². The van der Waals surface area contributed by atoms with Crippen LogP contribution in [0.3, 0.4) is 0 Å². The number of benzene rings is 2. The molecule has 0 aliphatic rings. The summed E-state index contributed by atoms with van der Waals surface area (Å²) in [4.78, 5) is 27.3. The Kier molecular flexibility index (Phi) is 7.82. The van der Waals surface area contributed by atoms with Gasteiger partial charge in [-0.25, -0.2) is 4.79 Å². The van der Waals surface area contributed by atoms with Crippen LogP contribution in [-0.2, 0) is 9.53 Å². The Balaban J connectivity index is 2.05. The van der Waals surface area contributed by atoms with Crippen LogP contribution in [0.15, 0.2) is 42.5 Å². The molecule has 2 aromatic carbocycles. The fraction of sp³-hybridized carbons (Fsp3) is 0.417. The molecule has 5 heteroatoms. The molecule has 5 nitrogen and oxygen atoms in total. The monoisotopic (exact) mass is 396 g/mol. The van der Waals surface area contributed by atoms with Gasteiger partial charge in [-0.05, 0) is 69.0 Å². The van der Waals surface area contributed by atoms with E-state index in [0.29, 0.717) is 5.56 Å². The van der Waals surface area contributed by atoms with E-state index in [2.05, 4.69) is 37.9 Å². The Morgan fingerprint density at radius 1 is 1.00 bits per heavy atom. The number of esters is 1. The molecular formula is C24H32N2O3. The number of carbonyl (C=O) groups excluding carboxylic acids is 2. The van der Waals surface area contributed by atoms with Crippen LogP contribution in [0, 0.1) is 6.92 Å². The van der Waals surface area contributed by atoms with Gasteiger partial charge in [-0.3, -0.25) is 4.79 Å². The van der Waals surface area contributed by atoms with Crippen molar-refractivity contribution in [2.24, 2.45) is 0 Å². The highest BCUT2D eigenvalue weighted by Gasteiger charge is 2.21. The summed E-state index contributed by atoms with van der Waals surface area (Å²) < 4.78 is 5.40. The van der Waals surface area contributed by atoms with Gasteiger partial charge in [0.1, 0.15) is 0 Å². The average molecular weight is 397 g/mol. The predicted molar refractivity (Wildman–Crippen MR) is 119 cm³/mol. The molecule has 1 N–H and O–H groups in total. The maximum atomic E-state index is 12.6. The molecular weight excluding hydrogens is 364 g/mol. The second-order valence-electron chi connectivity index (χ2n) is 7.45. The smallest absolute Gasteiger partial charge is 0.338 e. The third-order valence-corrected chi connectivity index (χ3v) is 5.06. The summed E-state index contributed by atoms with van der Waals surface area (Å²) in [6.07, 6.45) is -0.899. The molecule has 29 heavy (non-hydrogen) atoms. The molecule has 0 fully saturated rings. The maximum absolute atomic E-state index is 12.6. The van der Waals surface area contributed by atoms with Crippen LogP contribution in [0.25, 0.3) is 0 Å². The lowest BCUT2D eigenvalue weighted by Gasteiger charge is -2.21. The molecule has 2 rings (SSSR count). The molecule has 156 valence electrons. The number of hydrogen-bond donors (Lipinski definition) is 1. The van der Waals surface area contributed by atoms with Crippen LogP contribution >= 0.6 is 0 Å². The van der Waals surface area contributed by atoms with Gasteiger partial charge in [0, 0.05) is 24.5 Å². The van der Waals surface area contributed by atoms with Crippen LogP contribution in [0.1, 0.15) is 62.0 Å². The van der Waals surface area contributed by atoms with Crippen molar-refractivity contribution in [3.05, 3.63) is 59.2 Å². The summed E-state index contributed by atoms with van der Waals surface area (Å²) in [6, 6.07) is 13.2. The first-order valence-corrected chi connectivity index (χ1v) is 10.2. The lowest BCUT2D eigenvalue weighted by Crippen LogP contribution is -2.30. The Morgan fingerprint density at radius 2 is 1.62 bits per heavy atom. The number of nitrogens with one attached hydrogen (secondary N) is 1. The van der Waals surface area contributed by atoms with Crippen molar-refractivity contribution in [1.82, 2.24) is 0 Å². The number of aryl methyl sites for hydroxylation is 1. The van der Waals surface area contributed by atoms with Crippen molar-refractivity contribution in [3.63, 3.8) is 0 Å². The zero-order chi connectivity index (χ0) is 21.6. The van der Waals surface area contributed by atoms with E-state index in [-0.39, 0.29) is 11.8 Å². The normalized spacial score (nSPS) is 11.8. The van der Waals surface area contributed by atoms with E-state index < -0.39 is 12.1 Å². The van der Waals surface area contributed by atoms with Crippen LogP contribution in [0.4, 0.5) is 11.4 Å². The van der Waals surface area contributed by atoms with Gasteiger partial charge in [0.2, 0.25) is 0 Å². The predicted octanol–water partition coefficient (Wildman–Crippen LogP) is 5.15. The number of carbonyl (C=O) groups is 2. The summed E-state index contributed by atoms with van der Waals surface area (Å²) in [5.74, 6) is -0.575. The lowest BCUT2D eigenvalue weighted by atomic mass is 9.98. The fourth-order valence-corrected chi connectivity index (χ4v) is 3.25. The number of para-hydroxylation sites is 1. The topological polar surface area (TPSA) is 58.6 Å². The third kappa shape index (κ3) is 5.59. The summed E-state index contributed by atoms with van der Waals surface area (Å²) in [5.41, 5.74) is 4.32. The molecule has 0 heterocycles. The summed E-state index contributed by atoms with van der Waals surface area (Å²) in [5, 5.41) is 2.93. The van der Waals surface area contributed by atoms with E-state index in [1.54, 1.807) is 19.1 Å². The Labute approximate surface area is 174 Å². The first kappa shape index (κ1) is 22.5. The number of nitrogens with zero attached hydrogens (tertiary/aromatic N) is 1. The molecule has 1 atom stereocenters. The Hall–Kier alpha value is -2.82. The van der Waals surface area contributed by atoms with Gasteiger partial charge in [0.05, 0.1) is 5.56 Å². The molecule has 0 unspecified atom stereocenters. The summed E-state index contributed by atoms with van der Waals surface area (Å²) in [6.45, 7) is 13.7. The summed E-state index contributed by atoms with van der Waals surface area (Å²) >= 11 is 0. The number of amides is 1. The van der Waals surface area contributed by atoms with Crippen molar-refractivity contribution in [2.45, 2.75) is 53.6 Å². The maximum Gasteiger partial charge on any atom is 0.338 e. The molecule has 0 aromatic heterocycles. The standard InChI is InChI=1S/C24H32N2O3/c1-7-26(8-2)20-14-12-19(13-15-20)24(28)29-18(6)23(27)25-22-17(5)10-9-11-21(22)16(3)4/h9-16,18H,7-8H2,1-6H3,(H,25,27)/t18-/m0/s1. The number of hydrogen-bond acceptors (Lipinski definition) is 4. The third-order valence-electron chi connectivity index (χ3n) is 5.06. The van der Waals surface area contributed by atoms with E-state index in [9.17, 15) is 9.59 Å². The van der Waals surface area contributed by atoms with Crippen LogP contribution in [-0.4, -0.2) is 31.1 Å². The lowest BCUT2D eigenvalue weighted by molar-refractivity contribution is -0.123. The quantitative estimate of drug-likeness (QED) is 0.627. The van der Waals surface area contributed by atoms with E-state index in [1.807, 2.05) is 37.3 Å². The SMILES string of the molecule is CCN(CC)c1ccc(C(=O)O[C@@H](C)C(=O)Nc2c(C)cccc2C(C)C)cc1. The number of rotatable bonds is 8. The van der Waals surface area contributed by atoms with Gasteiger partial charge < -0.3 is 15.0 Å². The molecule has 0 radical (unpaired) electrons. The first-order valence-electron chi connectivity index (χ1n) is 10.2. The zero-order valence-electron chi connectivity index (χ0n) is 18.3. The highest BCUT2D eigenvalue weighted by atomic mass is 16.5. The minimum Gasteiger partial charge on any atom is -0.449 e. The van der Waals surface area contributed by atoms with Crippen molar-refractivity contribution in [3.8, 4) is 0 Å². The molecule has 0 saturated carbocycles. The van der Waals surface area contributed by atoms with Crippen LogP contribution < -0.4 is 10.2 Å². The molecule has 0 spiro atoms. The van der Waals surface area contributed by atoms with Gasteiger partial charge in [-0.15, -0.1) is 0 Å². The Morgan fingerprint density at radius 3 is 2.17 bits per heavy atom. The molecule has 1 amide bonds. The highest BCUT2D eigenvalue weighted by molar-refractivity contribution is 5.98. The highest BCUT2D eigenvalue weighted by Crippen LogP contribution is 2.27. The van der Waals surface area contributed by atoms with Gasteiger partial charge in [-0.2, -0.15) is 0 Å². The Bertz CT molecular complexity index is 840. The minimum absolute atomic E-state index is 0.271. The molecule has 0 aliphatic carbocycles. The second kappa shape index (κ2) is 10.1. The van der Waals surface area contributed by atoms with Crippen molar-refractivity contribution < 1.29 is 14.3 Å². The van der Waals surface area contributed by atoms with Crippen LogP contribution in [0.5, 0.6) is 0 Å². The largest absolute Gasteiger partial charge is 0.449 e. The summed E-state index contributed by atoms with van der Waals surface area (Å²) in [7, 11) is 0. The van der Waals surface area contributed by atoms with E-state index in [1.165, 1.54) is 0 Å². The van der Waals surface area contributed by atoms with E-state index >= 15 is 0 Å². The average Bonchev–Trinajstić information content (AvgIpc) is 2.70. The molecule has 0 bridgehead atoms. The fourth-order valence-electron chi connectivity index (χ4n) is 3.25. The molecule has 0 saturated heterocycles. The molecule has 2 aromatic rings. The second-order valence-corrected chi connectivity index (χ2v) is 7.45. The number of anilines is 2. The minimum atomic E-state index is -0.899. The molecule has 0 aliphatic heterocycles. The van der Waals surface area contributed by atoms with Crippen molar-refractivity contribution in [1.29, 1.82) is 0 Å². The van der Waals surface area contributed by atoms with Gasteiger partial charge in [0.25, 0.3) is 5.91 Å². The van der Waals surface area contributed by atoms with Crippen molar-refractivity contribution >= 4 is 23.3 Å². The zero-order valence-corrected chi connectivity index (χ0v) is 18.3. The first-order chi connectivity index (χ1) is 13.8.